The second kappa shape index (κ2) is 5.27. The van der Waals surface area contributed by atoms with Gasteiger partial charge in [-0.2, -0.15) is 8.42 Å². The maximum Gasteiger partial charge on any atom is 0.269 e. The minimum Gasteiger partial charge on any atom is -0.384 e. The van der Waals surface area contributed by atoms with Gasteiger partial charge < -0.3 is 5.32 Å². The van der Waals surface area contributed by atoms with Crippen molar-refractivity contribution in [3.8, 4) is 0 Å². The van der Waals surface area contributed by atoms with Gasteiger partial charge in [0.1, 0.15) is 5.25 Å². The Morgan fingerprint density at radius 3 is 2.81 bits per heavy atom. The normalized spacial score (nSPS) is 13.4. The molecule has 0 saturated heterocycles. The largest absolute Gasteiger partial charge is 0.384 e. The minimum absolute atomic E-state index is 0.173. The van der Waals surface area contributed by atoms with Crippen molar-refractivity contribution >= 4 is 15.8 Å². The summed E-state index contributed by atoms with van der Waals surface area (Å²) >= 11 is 0. The molecule has 1 heterocycles. The van der Waals surface area contributed by atoms with Gasteiger partial charge in [-0.05, 0) is 25.5 Å². The summed E-state index contributed by atoms with van der Waals surface area (Å²) in [4.78, 5) is 4.13. The third-order valence-electron chi connectivity index (χ3n) is 2.28. The van der Waals surface area contributed by atoms with Crippen LogP contribution in [0.25, 0.3) is 0 Å². The SMILES string of the molecule is CCc1cc(NCC(C)S(=O)(=O)O)ccn1. The molecule has 0 saturated carbocycles. The van der Waals surface area contributed by atoms with E-state index in [2.05, 4.69) is 10.3 Å². The maximum atomic E-state index is 10.8. The molecule has 0 aromatic carbocycles. The Labute approximate surface area is 95.7 Å². The molecule has 1 aromatic rings. The topological polar surface area (TPSA) is 79.3 Å². The number of nitrogens with zero attached hydrogens (tertiary/aromatic N) is 1. The Hall–Kier alpha value is -1.14. The zero-order chi connectivity index (χ0) is 12.2. The molecular formula is C10H16N2O3S. The van der Waals surface area contributed by atoms with Gasteiger partial charge in [-0.15, -0.1) is 0 Å². The van der Waals surface area contributed by atoms with Crippen LogP contribution >= 0.6 is 0 Å². The van der Waals surface area contributed by atoms with E-state index in [0.29, 0.717) is 0 Å². The molecule has 5 nitrogen and oxygen atoms in total. The summed E-state index contributed by atoms with van der Waals surface area (Å²) in [5, 5.41) is 2.12. The highest BCUT2D eigenvalue weighted by Crippen LogP contribution is 2.09. The Balaban J connectivity index is 2.61. The fourth-order valence-electron chi connectivity index (χ4n) is 1.15. The molecule has 0 aliphatic heterocycles. The van der Waals surface area contributed by atoms with E-state index >= 15 is 0 Å². The molecule has 2 N–H and O–H groups in total. The summed E-state index contributed by atoms with van der Waals surface area (Å²) in [5.41, 5.74) is 1.74. The van der Waals surface area contributed by atoms with Crippen molar-refractivity contribution in [2.45, 2.75) is 25.5 Å². The van der Waals surface area contributed by atoms with Crippen LogP contribution in [0.2, 0.25) is 0 Å². The van der Waals surface area contributed by atoms with Crippen LogP contribution in [-0.4, -0.2) is 29.7 Å². The van der Waals surface area contributed by atoms with E-state index in [-0.39, 0.29) is 6.54 Å². The summed E-state index contributed by atoms with van der Waals surface area (Å²) in [6.45, 7) is 3.61. The lowest BCUT2D eigenvalue weighted by molar-refractivity contribution is 0.472. The maximum absolute atomic E-state index is 10.8. The summed E-state index contributed by atoms with van der Waals surface area (Å²) in [5.74, 6) is 0. The fourth-order valence-corrected chi connectivity index (χ4v) is 1.44. The van der Waals surface area contributed by atoms with E-state index in [0.717, 1.165) is 17.8 Å². The summed E-state index contributed by atoms with van der Waals surface area (Å²) in [7, 11) is -3.97. The van der Waals surface area contributed by atoms with Crippen LogP contribution < -0.4 is 5.32 Å². The highest BCUT2D eigenvalue weighted by atomic mass is 32.2. The van der Waals surface area contributed by atoms with Crippen molar-refractivity contribution in [2.24, 2.45) is 0 Å². The van der Waals surface area contributed by atoms with Crippen molar-refractivity contribution in [3.63, 3.8) is 0 Å². The first-order valence-corrected chi connectivity index (χ1v) is 6.59. The Morgan fingerprint density at radius 2 is 2.25 bits per heavy atom. The van der Waals surface area contributed by atoms with Gasteiger partial charge in [-0.25, -0.2) is 0 Å². The van der Waals surface area contributed by atoms with Crippen LogP contribution in [0.3, 0.4) is 0 Å². The van der Waals surface area contributed by atoms with Gasteiger partial charge in [0.2, 0.25) is 0 Å². The number of hydrogen-bond acceptors (Lipinski definition) is 4. The van der Waals surface area contributed by atoms with Crippen molar-refractivity contribution in [1.82, 2.24) is 4.98 Å². The zero-order valence-electron chi connectivity index (χ0n) is 9.34. The molecule has 16 heavy (non-hydrogen) atoms. The van der Waals surface area contributed by atoms with E-state index in [4.69, 9.17) is 4.55 Å². The summed E-state index contributed by atoms with van der Waals surface area (Å²) < 4.78 is 30.3. The van der Waals surface area contributed by atoms with Gasteiger partial charge in [0, 0.05) is 24.1 Å². The zero-order valence-corrected chi connectivity index (χ0v) is 10.2. The third-order valence-corrected chi connectivity index (χ3v) is 3.46. The Morgan fingerprint density at radius 1 is 1.56 bits per heavy atom. The molecule has 90 valence electrons. The average Bonchev–Trinajstić information content (AvgIpc) is 2.25. The van der Waals surface area contributed by atoms with Crippen LogP contribution in [0.15, 0.2) is 18.3 Å². The quantitative estimate of drug-likeness (QED) is 0.764. The van der Waals surface area contributed by atoms with Crippen molar-refractivity contribution in [1.29, 1.82) is 0 Å². The molecule has 0 fully saturated rings. The number of aromatic nitrogens is 1. The van der Waals surface area contributed by atoms with Gasteiger partial charge in [-0.3, -0.25) is 9.54 Å². The first-order valence-electron chi connectivity index (χ1n) is 5.08. The lowest BCUT2D eigenvalue weighted by Gasteiger charge is -2.11. The molecule has 1 atom stereocenters. The van der Waals surface area contributed by atoms with Crippen LogP contribution in [-0.2, 0) is 16.5 Å². The average molecular weight is 244 g/mol. The minimum atomic E-state index is -3.97. The molecule has 0 bridgehead atoms. The highest BCUT2D eigenvalue weighted by Gasteiger charge is 2.16. The first kappa shape index (κ1) is 12.9. The molecule has 0 aliphatic rings. The lowest BCUT2D eigenvalue weighted by Crippen LogP contribution is -2.25. The van der Waals surface area contributed by atoms with Crippen LogP contribution in [0.1, 0.15) is 19.5 Å². The number of hydrogen-bond donors (Lipinski definition) is 2. The molecular weight excluding hydrogens is 228 g/mol. The van der Waals surface area contributed by atoms with Gasteiger partial charge in [0.05, 0.1) is 0 Å². The Kier molecular flexibility index (Phi) is 4.26. The number of aryl methyl sites for hydroxylation is 1. The van der Waals surface area contributed by atoms with Gasteiger partial charge in [0.25, 0.3) is 10.1 Å². The predicted octanol–water partition coefficient (Wildman–Crippen LogP) is 1.33. The molecule has 0 spiro atoms. The summed E-state index contributed by atoms with van der Waals surface area (Å²) in [6, 6.07) is 3.62. The van der Waals surface area contributed by atoms with E-state index in [1.54, 1.807) is 12.3 Å². The molecule has 0 amide bonds. The van der Waals surface area contributed by atoms with E-state index in [1.165, 1.54) is 6.92 Å². The van der Waals surface area contributed by atoms with Crippen molar-refractivity contribution < 1.29 is 13.0 Å². The predicted molar refractivity (Wildman–Crippen MR) is 63.1 cm³/mol. The molecule has 1 aromatic heterocycles. The molecule has 0 radical (unpaired) electrons. The van der Waals surface area contributed by atoms with Crippen LogP contribution in [0.5, 0.6) is 0 Å². The lowest BCUT2D eigenvalue weighted by atomic mass is 10.2. The third kappa shape index (κ3) is 3.79. The van der Waals surface area contributed by atoms with Crippen molar-refractivity contribution in [3.05, 3.63) is 24.0 Å². The second-order valence-electron chi connectivity index (χ2n) is 3.60. The van der Waals surface area contributed by atoms with E-state index in [9.17, 15) is 8.42 Å². The first-order chi connectivity index (χ1) is 7.43. The number of rotatable bonds is 5. The Bertz CT molecular complexity index is 445. The molecule has 1 unspecified atom stereocenters. The van der Waals surface area contributed by atoms with Gasteiger partial charge >= 0.3 is 0 Å². The smallest absolute Gasteiger partial charge is 0.269 e. The van der Waals surface area contributed by atoms with Gasteiger partial charge in [0.15, 0.2) is 0 Å². The highest BCUT2D eigenvalue weighted by molar-refractivity contribution is 7.86. The van der Waals surface area contributed by atoms with Crippen LogP contribution in [0, 0.1) is 0 Å². The van der Waals surface area contributed by atoms with Crippen LogP contribution in [0.4, 0.5) is 5.69 Å². The number of pyridine rings is 1. The van der Waals surface area contributed by atoms with Crippen molar-refractivity contribution in [2.75, 3.05) is 11.9 Å². The second-order valence-corrected chi connectivity index (χ2v) is 5.43. The number of anilines is 1. The fraction of sp³-hybridized carbons (Fsp3) is 0.500. The molecule has 0 aliphatic carbocycles. The van der Waals surface area contributed by atoms with Gasteiger partial charge in [-0.1, -0.05) is 6.92 Å². The molecule has 6 heteroatoms. The molecule has 1 rings (SSSR count). The monoisotopic (exact) mass is 244 g/mol. The van der Waals surface area contributed by atoms with E-state index in [1.807, 2.05) is 13.0 Å². The van der Waals surface area contributed by atoms with E-state index < -0.39 is 15.4 Å². The number of nitrogens with one attached hydrogen (secondary N) is 1. The standard InChI is InChI=1S/C10H16N2O3S/c1-3-9-6-10(4-5-11-9)12-7-8(2)16(13,14)15/h4-6,8H,3,7H2,1-2H3,(H,11,12)(H,13,14,15). The summed E-state index contributed by atoms with van der Waals surface area (Å²) in [6.07, 6.45) is 2.49.